The van der Waals surface area contributed by atoms with Crippen LogP contribution in [0.1, 0.15) is 25.3 Å². The number of amides is 1. The highest BCUT2D eigenvalue weighted by atomic mass is 16.5. The molecule has 2 aromatic carbocycles. The average Bonchev–Trinajstić information content (AvgIpc) is 2.60. The van der Waals surface area contributed by atoms with Crippen molar-refractivity contribution in [3.8, 4) is 11.1 Å². The predicted octanol–water partition coefficient (Wildman–Crippen LogP) is 2.38. The average molecular weight is 326 g/mol. The van der Waals surface area contributed by atoms with E-state index in [0.717, 1.165) is 16.7 Å². The van der Waals surface area contributed by atoms with E-state index in [1.807, 2.05) is 61.5 Å². The van der Waals surface area contributed by atoms with E-state index in [0.29, 0.717) is 6.42 Å². The van der Waals surface area contributed by atoms with Gasteiger partial charge in [-0.05, 0) is 23.1 Å². The minimum atomic E-state index is -1.78. The standard InChI is InChI=1S/C19H22N2O3/c1-2-12-19(21,17(20)22)18(23)24-13-15-10-6-7-11-16(15)14-8-4-3-5-9-14/h3-11H,2,12-13,21H2,1H3,(H2,20,22). The largest absolute Gasteiger partial charge is 0.459 e. The van der Waals surface area contributed by atoms with Gasteiger partial charge in [-0.25, -0.2) is 4.79 Å². The van der Waals surface area contributed by atoms with Crippen LogP contribution in [-0.2, 0) is 20.9 Å². The molecule has 5 nitrogen and oxygen atoms in total. The fourth-order valence-corrected chi connectivity index (χ4v) is 2.54. The molecule has 2 rings (SSSR count). The Morgan fingerprint density at radius 1 is 1.04 bits per heavy atom. The highest BCUT2D eigenvalue weighted by Crippen LogP contribution is 2.24. The molecule has 0 fully saturated rings. The quantitative estimate of drug-likeness (QED) is 0.603. The second-order valence-corrected chi connectivity index (χ2v) is 5.68. The van der Waals surface area contributed by atoms with Crippen molar-refractivity contribution >= 4 is 11.9 Å². The Balaban J connectivity index is 2.18. The van der Waals surface area contributed by atoms with Gasteiger partial charge in [0.05, 0.1) is 0 Å². The Kier molecular flexibility index (Phi) is 5.71. The first-order valence-corrected chi connectivity index (χ1v) is 7.88. The van der Waals surface area contributed by atoms with E-state index in [4.69, 9.17) is 16.2 Å². The first kappa shape index (κ1) is 17.7. The lowest BCUT2D eigenvalue weighted by Crippen LogP contribution is -2.58. The molecule has 5 heteroatoms. The maximum Gasteiger partial charge on any atom is 0.336 e. The maximum atomic E-state index is 12.3. The van der Waals surface area contributed by atoms with Gasteiger partial charge in [-0.1, -0.05) is 67.9 Å². The molecule has 1 atom stereocenters. The van der Waals surface area contributed by atoms with Gasteiger partial charge >= 0.3 is 5.97 Å². The Morgan fingerprint density at radius 3 is 2.29 bits per heavy atom. The molecule has 4 N–H and O–H groups in total. The van der Waals surface area contributed by atoms with Gasteiger partial charge in [-0.2, -0.15) is 0 Å². The van der Waals surface area contributed by atoms with Crippen molar-refractivity contribution in [2.75, 3.05) is 0 Å². The topological polar surface area (TPSA) is 95.4 Å². The zero-order chi connectivity index (χ0) is 17.6. The Bertz CT molecular complexity index is 716. The number of rotatable bonds is 7. The number of esters is 1. The van der Waals surface area contributed by atoms with E-state index >= 15 is 0 Å². The molecule has 0 bridgehead atoms. The molecule has 0 aliphatic heterocycles. The number of carbonyl (C=O) groups excluding carboxylic acids is 2. The summed E-state index contributed by atoms with van der Waals surface area (Å²) >= 11 is 0. The summed E-state index contributed by atoms with van der Waals surface area (Å²) in [5.74, 6) is -1.66. The van der Waals surface area contributed by atoms with Gasteiger partial charge in [-0.3, -0.25) is 4.79 Å². The lowest BCUT2D eigenvalue weighted by atomic mass is 9.94. The maximum absolute atomic E-state index is 12.3. The second kappa shape index (κ2) is 7.75. The summed E-state index contributed by atoms with van der Waals surface area (Å²) in [5.41, 5.74) is 12.2. The second-order valence-electron chi connectivity index (χ2n) is 5.68. The van der Waals surface area contributed by atoms with Gasteiger partial charge in [0.2, 0.25) is 5.91 Å². The Labute approximate surface area is 141 Å². The summed E-state index contributed by atoms with van der Waals surface area (Å²) < 4.78 is 5.30. The molecule has 0 saturated heterocycles. The van der Waals surface area contributed by atoms with Crippen LogP contribution in [-0.4, -0.2) is 17.4 Å². The molecule has 0 radical (unpaired) electrons. The van der Waals surface area contributed by atoms with Crippen molar-refractivity contribution in [2.45, 2.75) is 31.9 Å². The molecule has 0 aromatic heterocycles. The Morgan fingerprint density at radius 2 is 1.67 bits per heavy atom. The number of hydrogen-bond donors (Lipinski definition) is 2. The summed E-state index contributed by atoms with van der Waals surface area (Å²) in [4.78, 5) is 23.8. The van der Waals surface area contributed by atoms with Crippen LogP contribution in [0.5, 0.6) is 0 Å². The molecule has 0 aliphatic carbocycles. The van der Waals surface area contributed by atoms with Gasteiger partial charge in [0.25, 0.3) is 0 Å². The highest BCUT2D eigenvalue weighted by molar-refractivity contribution is 6.06. The first-order valence-electron chi connectivity index (χ1n) is 7.88. The van der Waals surface area contributed by atoms with Crippen LogP contribution in [0.2, 0.25) is 0 Å². The van der Waals surface area contributed by atoms with Crippen LogP contribution < -0.4 is 11.5 Å². The monoisotopic (exact) mass is 326 g/mol. The van der Waals surface area contributed by atoms with Crippen LogP contribution >= 0.6 is 0 Å². The molecule has 2 aromatic rings. The van der Waals surface area contributed by atoms with Crippen LogP contribution in [0.3, 0.4) is 0 Å². The number of hydrogen-bond acceptors (Lipinski definition) is 4. The van der Waals surface area contributed by atoms with Crippen LogP contribution in [0, 0.1) is 0 Å². The summed E-state index contributed by atoms with van der Waals surface area (Å²) in [7, 11) is 0. The predicted molar refractivity (Wildman–Crippen MR) is 92.7 cm³/mol. The lowest BCUT2D eigenvalue weighted by molar-refractivity contribution is -0.155. The number of nitrogens with two attached hydrogens (primary N) is 2. The first-order chi connectivity index (χ1) is 11.5. The van der Waals surface area contributed by atoms with Crippen molar-refractivity contribution in [3.05, 3.63) is 60.2 Å². The van der Waals surface area contributed by atoms with E-state index in [-0.39, 0.29) is 13.0 Å². The third-order valence-corrected chi connectivity index (χ3v) is 3.91. The van der Waals surface area contributed by atoms with E-state index in [1.165, 1.54) is 0 Å². The molecule has 0 heterocycles. The molecule has 24 heavy (non-hydrogen) atoms. The molecule has 1 amide bonds. The van der Waals surface area contributed by atoms with Gasteiger partial charge in [0.1, 0.15) is 6.61 Å². The third kappa shape index (κ3) is 3.81. The molecule has 0 aliphatic rings. The molecule has 1 unspecified atom stereocenters. The fourth-order valence-electron chi connectivity index (χ4n) is 2.54. The minimum Gasteiger partial charge on any atom is -0.459 e. The normalized spacial score (nSPS) is 13.1. The van der Waals surface area contributed by atoms with Crippen LogP contribution in [0.25, 0.3) is 11.1 Å². The summed E-state index contributed by atoms with van der Waals surface area (Å²) in [5, 5.41) is 0. The van der Waals surface area contributed by atoms with Gasteiger partial charge in [0.15, 0.2) is 5.54 Å². The summed E-state index contributed by atoms with van der Waals surface area (Å²) in [6.07, 6.45) is 0.705. The Hall–Kier alpha value is -2.66. The summed E-state index contributed by atoms with van der Waals surface area (Å²) in [6.45, 7) is 1.85. The van der Waals surface area contributed by atoms with Crippen molar-refractivity contribution in [3.63, 3.8) is 0 Å². The smallest absolute Gasteiger partial charge is 0.336 e. The van der Waals surface area contributed by atoms with Crippen LogP contribution in [0.15, 0.2) is 54.6 Å². The zero-order valence-electron chi connectivity index (χ0n) is 13.7. The molecule has 0 spiro atoms. The van der Waals surface area contributed by atoms with E-state index < -0.39 is 17.4 Å². The molecular weight excluding hydrogens is 304 g/mol. The van der Waals surface area contributed by atoms with Gasteiger partial charge in [-0.15, -0.1) is 0 Å². The number of benzene rings is 2. The number of ether oxygens (including phenoxy) is 1. The third-order valence-electron chi connectivity index (χ3n) is 3.91. The molecule has 126 valence electrons. The minimum absolute atomic E-state index is 0.0276. The van der Waals surface area contributed by atoms with Crippen molar-refractivity contribution in [2.24, 2.45) is 11.5 Å². The van der Waals surface area contributed by atoms with Gasteiger partial charge < -0.3 is 16.2 Å². The number of carbonyl (C=O) groups is 2. The van der Waals surface area contributed by atoms with Crippen molar-refractivity contribution < 1.29 is 14.3 Å². The SMILES string of the molecule is CCCC(N)(C(N)=O)C(=O)OCc1ccccc1-c1ccccc1. The lowest BCUT2D eigenvalue weighted by Gasteiger charge is -2.23. The van der Waals surface area contributed by atoms with Crippen molar-refractivity contribution in [1.82, 2.24) is 0 Å². The van der Waals surface area contributed by atoms with Gasteiger partial charge in [0, 0.05) is 0 Å². The van der Waals surface area contributed by atoms with Crippen LogP contribution in [0.4, 0.5) is 0 Å². The fraction of sp³-hybridized carbons (Fsp3) is 0.263. The molecule has 0 saturated carbocycles. The highest BCUT2D eigenvalue weighted by Gasteiger charge is 2.41. The van der Waals surface area contributed by atoms with E-state index in [9.17, 15) is 9.59 Å². The summed E-state index contributed by atoms with van der Waals surface area (Å²) in [6, 6.07) is 17.4. The molecular formula is C19H22N2O3. The van der Waals surface area contributed by atoms with E-state index in [1.54, 1.807) is 0 Å². The van der Waals surface area contributed by atoms with Crippen molar-refractivity contribution in [1.29, 1.82) is 0 Å². The zero-order valence-corrected chi connectivity index (χ0v) is 13.7. The number of primary amides is 1. The van der Waals surface area contributed by atoms with E-state index in [2.05, 4.69) is 0 Å².